The predicted octanol–water partition coefficient (Wildman–Crippen LogP) is 0.624. The number of hydrogen-bond donors (Lipinski definition) is 6. The van der Waals surface area contributed by atoms with E-state index in [1.807, 2.05) is 30.3 Å². The van der Waals surface area contributed by atoms with Crippen molar-refractivity contribution < 1.29 is 20.1 Å². The van der Waals surface area contributed by atoms with E-state index in [2.05, 4.69) is 16.0 Å². The van der Waals surface area contributed by atoms with Crippen LogP contribution in [0.4, 0.5) is 10.5 Å². The topological polar surface area (TPSA) is 114 Å². The van der Waals surface area contributed by atoms with E-state index in [1.54, 1.807) is 18.7 Å². The summed E-state index contributed by atoms with van der Waals surface area (Å²) in [6, 6.07) is 8.74. The van der Waals surface area contributed by atoms with Crippen LogP contribution in [0.1, 0.15) is 13.3 Å². The molecule has 8 heteroatoms. The molecule has 25 heavy (non-hydrogen) atoms. The number of anilines is 1. The predicted molar refractivity (Wildman–Crippen MR) is 102 cm³/mol. The fourth-order valence-electron chi connectivity index (χ4n) is 2.13. The quantitative estimate of drug-likeness (QED) is 0.300. The highest BCUT2D eigenvalue weighted by molar-refractivity contribution is 7.99. The number of thioether (sulfide) groups is 1. The molecule has 0 saturated heterocycles. The minimum Gasteiger partial charge on any atom is -0.394 e. The lowest BCUT2D eigenvalue weighted by atomic mass is 10.1. The summed E-state index contributed by atoms with van der Waals surface area (Å²) in [5.41, 5.74) is 0.748. The fraction of sp³-hybridized carbons (Fsp3) is 0.588. The van der Waals surface area contributed by atoms with Gasteiger partial charge in [0.2, 0.25) is 0 Å². The minimum absolute atomic E-state index is 0.237. The molecule has 1 aromatic carbocycles. The highest BCUT2D eigenvalue weighted by Crippen LogP contribution is 2.08. The molecule has 0 bridgehead atoms. The van der Waals surface area contributed by atoms with E-state index in [0.29, 0.717) is 19.5 Å². The molecular formula is C17H29N3O4S. The molecular weight excluding hydrogens is 342 g/mol. The molecule has 0 heterocycles. The summed E-state index contributed by atoms with van der Waals surface area (Å²) >= 11 is 1.65. The Kier molecular flexibility index (Phi) is 11.3. The third-order valence-corrected chi connectivity index (χ3v) is 4.48. The van der Waals surface area contributed by atoms with Crippen LogP contribution in [0.3, 0.4) is 0 Å². The molecule has 0 aromatic heterocycles. The first-order valence-corrected chi connectivity index (χ1v) is 9.56. The van der Waals surface area contributed by atoms with Crippen LogP contribution in [-0.2, 0) is 0 Å². The van der Waals surface area contributed by atoms with Crippen LogP contribution in [0.2, 0.25) is 0 Å². The molecule has 7 nitrogen and oxygen atoms in total. The van der Waals surface area contributed by atoms with Gasteiger partial charge in [0, 0.05) is 30.6 Å². The van der Waals surface area contributed by atoms with Crippen LogP contribution in [0.5, 0.6) is 0 Å². The van der Waals surface area contributed by atoms with Gasteiger partial charge in [-0.15, -0.1) is 0 Å². The summed E-state index contributed by atoms with van der Waals surface area (Å²) in [6.45, 7) is 2.25. The first kappa shape index (κ1) is 21.7. The Bertz CT molecular complexity index is 476. The zero-order valence-corrected chi connectivity index (χ0v) is 15.3. The maximum atomic E-state index is 11.7. The lowest BCUT2D eigenvalue weighted by molar-refractivity contribution is 0.0569. The number of carbonyl (C=O) groups is 1. The summed E-state index contributed by atoms with van der Waals surface area (Å²) in [5, 5.41) is 36.7. The number of aliphatic hydroxyl groups excluding tert-OH is 3. The second kappa shape index (κ2) is 13.0. The highest BCUT2D eigenvalue weighted by atomic mass is 32.2. The van der Waals surface area contributed by atoms with E-state index in [9.17, 15) is 15.0 Å². The van der Waals surface area contributed by atoms with E-state index in [-0.39, 0.29) is 18.7 Å². The van der Waals surface area contributed by atoms with Crippen molar-refractivity contribution in [1.82, 2.24) is 10.6 Å². The summed E-state index contributed by atoms with van der Waals surface area (Å²) in [6.07, 6.45) is -0.697. The Labute approximate surface area is 153 Å². The zero-order valence-electron chi connectivity index (χ0n) is 14.5. The third-order valence-electron chi connectivity index (χ3n) is 3.46. The Hall–Kier alpha value is -1.32. The van der Waals surface area contributed by atoms with Crippen LogP contribution in [-0.4, -0.2) is 70.8 Å². The monoisotopic (exact) mass is 371 g/mol. The molecule has 0 aliphatic carbocycles. The molecule has 1 rings (SSSR count). The number of hydrogen-bond acceptors (Lipinski definition) is 6. The molecule has 142 valence electrons. The molecule has 0 fully saturated rings. The van der Waals surface area contributed by atoms with Gasteiger partial charge in [-0.1, -0.05) is 18.2 Å². The van der Waals surface area contributed by atoms with Gasteiger partial charge in [0.05, 0.1) is 18.8 Å². The number of urea groups is 1. The molecule has 0 aliphatic heterocycles. The number of carbonyl (C=O) groups excluding carboxylic acids is 1. The summed E-state index contributed by atoms with van der Waals surface area (Å²) in [7, 11) is 0. The zero-order chi connectivity index (χ0) is 18.5. The van der Waals surface area contributed by atoms with Gasteiger partial charge < -0.3 is 31.3 Å². The largest absolute Gasteiger partial charge is 0.394 e. The van der Waals surface area contributed by atoms with Crippen molar-refractivity contribution in [3.63, 3.8) is 0 Å². The minimum atomic E-state index is -0.853. The van der Waals surface area contributed by atoms with Crippen molar-refractivity contribution in [1.29, 1.82) is 0 Å². The lowest BCUT2D eigenvalue weighted by Crippen LogP contribution is -2.44. The maximum Gasteiger partial charge on any atom is 0.319 e. The van der Waals surface area contributed by atoms with Crippen molar-refractivity contribution in [2.45, 2.75) is 31.6 Å². The first-order chi connectivity index (χ1) is 12.0. The Morgan fingerprint density at radius 2 is 1.92 bits per heavy atom. The van der Waals surface area contributed by atoms with Crippen molar-refractivity contribution in [2.24, 2.45) is 0 Å². The Morgan fingerprint density at radius 1 is 1.20 bits per heavy atom. The number of para-hydroxylation sites is 1. The van der Waals surface area contributed by atoms with Gasteiger partial charge in [0.25, 0.3) is 0 Å². The Balaban J connectivity index is 2.13. The number of aliphatic hydroxyl groups is 3. The number of benzene rings is 1. The number of rotatable bonds is 12. The highest BCUT2D eigenvalue weighted by Gasteiger charge is 2.18. The van der Waals surface area contributed by atoms with Gasteiger partial charge in [-0.3, -0.25) is 0 Å². The maximum absolute atomic E-state index is 11.7. The summed E-state index contributed by atoms with van der Waals surface area (Å²) < 4.78 is 0. The summed E-state index contributed by atoms with van der Waals surface area (Å²) in [4.78, 5) is 11.7. The van der Waals surface area contributed by atoms with Crippen LogP contribution in [0, 0.1) is 0 Å². The normalized spacial score (nSPS) is 14.6. The smallest absolute Gasteiger partial charge is 0.319 e. The summed E-state index contributed by atoms with van der Waals surface area (Å²) in [5.74, 6) is 1.52. The second-order valence-corrected chi connectivity index (χ2v) is 6.99. The van der Waals surface area contributed by atoms with Gasteiger partial charge in [-0.2, -0.15) is 11.8 Å². The third kappa shape index (κ3) is 10.3. The van der Waals surface area contributed by atoms with E-state index in [1.165, 1.54) is 0 Å². The first-order valence-electron chi connectivity index (χ1n) is 8.41. The molecule has 0 radical (unpaired) electrons. The fourth-order valence-corrected chi connectivity index (χ4v) is 3.00. The average Bonchev–Trinajstić information content (AvgIpc) is 2.60. The van der Waals surface area contributed by atoms with Gasteiger partial charge in [0.15, 0.2) is 0 Å². The molecule has 1 aromatic rings. The molecule has 0 saturated carbocycles. The number of nitrogens with one attached hydrogen (secondary N) is 3. The lowest BCUT2D eigenvalue weighted by Gasteiger charge is -2.23. The second-order valence-electron chi connectivity index (χ2n) is 5.76. The van der Waals surface area contributed by atoms with Crippen molar-refractivity contribution in [2.75, 3.05) is 36.5 Å². The molecule has 2 amide bonds. The Morgan fingerprint density at radius 3 is 2.56 bits per heavy atom. The molecule has 0 spiro atoms. The van der Waals surface area contributed by atoms with Gasteiger partial charge in [-0.25, -0.2) is 4.79 Å². The van der Waals surface area contributed by atoms with E-state index in [0.717, 1.165) is 17.2 Å². The van der Waals surface area contributed by atoms with Crippen molar-refractivity contribution >= 4 is 23.5 Å². The van der Waals surface area contributed by atoms with Gasteiger partial charge in [-0.05, 0) is 31.2 Å². The van der Waals surface area contributed by atoms with Crippen LogP contribution < -0.4 is 16.0 Å². The number of amides is 2. The van der Waals surface area contributed by atoms with Crippen molar-refractivity contribution in [3.05, 3.63) is 30.3 Å². The van der Waals surface area contributed by atoms with E-state index >= 15 is 0 Å². The molecule has 3 unspecified atom stereocenters. The average molecular weight is 372 g/mol. The standard InChI is InChI=1S/C17H29N3O4S/c1-13(22)11-19-15(16(23)12-21)7-9-25-10-8-18-17(24)20-14-5-3-2-4-6-14/h2-6,13,15-16,19,21-23H,7-12H2,1H3,(H2,18,20,24). The van der Waals surface area contributed by atoms with Crippen LogP contribution >= 0.6 is 11.8 Å². The molecule has 0 aliphatic rings. The van der Waals surface area contributed by atoms with Gasteiger partial charge in [0.1, 0.15) is 0 Å². The van der Waals surface area contributed by atoms with Crippen molar-refractivity contribution in [3.8, 4) is 0 Å². The van der Waals surface area contributed by atoms with Crippen LogP contribution in [0.15, 0.2) is 30.3 Å². The van der Waals surface area contributed by atoms with E-state index < -0.39 is 12.2 Å². The van der Waals surface area contributed by atoms with Crippen LogP contribution in [0.25, 0.3) is 0 Å². The molecule has 3 atom stereocenters. The van der Waals surface area contributed by atoms with Gasteiger partial charge >= 0.3 is 6.03 Å². The SMILES string of the molecule is CC(O)CNC(CCSCCNC(=O)Nc1ccccc1)C(O)CO. The molecule has 6 N–H and O–H groups in total. The van der Waals surface area contributed by atoms with E-state index in [4.69, 9.17) is 5.11 Å².